The summed E-state index contributed by atoms with van der Waals surface area (Å²) in [7, 11) is -0.426. The minimum atomic E-state index is -0.540. The van der Waals surface area contributed by atoms with Gasteiger partial charge in [-0.25, -0.2) is 4.79 Å². The number of aromatic nitrogens is 1. The van der Waals surface area contributed by atoms with Crippen LogP contribution in [0.2, 0.25) is 0 Å². The lowest BCUT2D eigenvalue weighted by atomic mass is 9.79. The van der Waals surface area contributed by atoms with Crippen molar-refractivity contribution in [2.45, 2.75) is 65.3 Å². The van der Waals surface area contributed by atoms with Crippen molar-refractivity contribution in [3.63, 3.8) is 0 Å². The molecule has 140 valence electrons. The summed E-state index contributed by atoms with van der Waals surface area (Å²) in [5, 5.41) is 0.976. The van der Waals surface area contributed by atoms with Crippen LogP contribution in [0.5, 0.6) is 0 Å². The van der Waals surface area contributed by atoms with Crippen LogP contribution in [0.4, 0.5) is 4.79 Å². The lowest BCUT2D eigenvalue weighted by Gasteiger charge is -2.32. The Morgan fingerprint density at radius 1 is 1.15 bits per heavy atom. The van der Waals surface area contributed by atoms with E-state index < -0.39 is 12.7 Å². The molecule has 5 nitrogen and oxygen atoms in total. The lowest BCUT2D eigenvalue weighted by molar-refractivity contribution is 0.00578. The average molecular weight is 469 g/mol. The van der Waals surface area contributed by atoms with Crippen LogP contribution in [-0.2, 0) is 14.0 Å². The maximum Gasteiger partial charge on any atom is 0.494 e. The Hall–Kier alpha value is -1.06. The Bertz CT molecular complexity index is 850. The van der Waals surface area contributed by atoms with Crippen molar-refractivity contribution < 1.29 is 18.8 Å². The van der Waals surface area contributed by atoms with Crippen molar-refractivity contribution in [1.82, 2.24) is 4.57 Å². The molecule has 1 saturated heterocycles. The second-order valence-electron chi connectivity index (χ2n) is 8.69. The molecule has 2 aromatic rings. The topological polar surface area (TPSA) is 49.7 Å². The second kappa shape index (κ2) is 6.24. The summed E-state index contributed by atoms with van der Waals surface area (Å²) >= 11 is 2.23. The van der Waals surface area contributed by atoms with E-state index >= 15 is 0 Å². The lowest BCUT2D eigenvalue weighted by Crippen LogP contribution is -2.41. The predicted octanol–water partition coefficient (Wildman–Crippen LogP) is 4.33. The van der Waals surface area contributed by atoms with Crippen molar-refractivity contribution in [2.75, 3.05) is 0 Å². The summed E-state index contributed by atoms with van der Waals surface area (Å²) in [5.41, 5.74) is 0.437. The summed E-state index contributed by atoms with van der Waals surface area (Å²) < 4.78 is 20.3. The van der Waals surface area contributed by atoms with E-state index in [9.17, 15) is 4.79 Å². The zero-order chi connectivity index (χ0) is 19.5. The third-order valence-electron chi connectivity index (χ3n) is 4.90. The quantitative estimate of drug-likeness (QED) is 0.461. The third kappa shape index (κ3) is 3.53. The van der Waals surface area contributed by atoms with Gasteiger partial charge < -0.3 is 14.0 Å². The van der Waals surface area contributed by atoms with E-state index in [4.69, 9.17) is 14.0 Å². The van der Waals surface area contributed by atoms with Gasteiger partial charge in [-0.2, -0.15) is 0 Å². The van der Waals surface area contributed by atoms with Gasteiger partial charge in [-0.05, 0) is 82.6 Å². The average Bonchev–Trinajstić information content (AvgIpc) is 2.91. The molecule has 0 unspecified atom stereocenters. The van der Waals surface area contributed by atoms with Crippen LogP contribution >= 0.6 is 22.6 Å². The number of ether oxygens (including phenoxy) is 1. The van der Waals surface area contributed by atoms with E-state index in [1.54, 1.807) is 10.8 Å². The van der Waals surface area contributed by atoms with Gasteiger partial charge in [0.25, 0.3) is 0 Å². The summed E-state index contributed by atoms with van der Waals surface area (Å²) in [4.78, 5) is 12.5. The van der Waals surface area contributed by atoms with E-state index in [0.29, 0.717) is 0 Å². The number of rotatable bonds is 1. The van der Waals surface area contributed by atoms with Gasteiger partial charge in [-0.3, -0.25) is 4.57 Å². The SMILES string of the molecule is CC(C)(C)OC(=O)n1cc(I)c2cc(B3OC(C)(C)C(C)(C)O3)ccc21. The first kappa shape index (κ1) is 19.7. The first-order chi connectivity index (χ1) is 11.8. The zero-order valence-corrected chi connectivity index (χ0v) is 18.5. The summed E-state index contributed by atoms with van der Waals surface area (Å²) in [5.74, 6) is 0. The molecule has 0 saturated carbocycles. The molecule has 7 heteroatoms. The minimum Gasteiger partial charge on any atom is -0.443 e. The van der Waals surface area contributed by atoms with Gasteiger partial charge in [-0.15, -0.1) is 0 Å². The largest absolute Gasteiger partial charge is 0.494 e. The fraction of sp³-hybridized carbons (Fsp3) is 0.526. The molecule has 0 atom stereocenters. The van der Waals surface area contributed by atoms with Gasteiger partial charge in [-0.1, -0.05) is 12.1 Å². The van der Waals surface area contributed by atoms with Crippen molar-refractivity contribution in [2.24, 2.45) is 0 Å². The van der Waals surface area contributed by atoms with Crippen LogP contribution in [0.25, 0.3) is 10.9 Å². The van der Waals surface area contributed by atoms with Crippen LogP contribution in [0, 0.1) is 3.57 Å². The molecule has 1 aliphatic rings. The highest BCUT2D eigenvalue weighted by Gasteiger charge is 2.51. The number of fused-ring (bicyclic) bond motifs is 1. The van der Waals surface area contributed by atoms with Gasteiger partial charge in [0.1, 0.15) is 5.60 Å². The number of carbonyl (C=O) groups is 1. The molecule has 1 aromatic carbocycles. The molecule has 0 radical (unpaired) electrons. The Kier molecular flexibility index (Phi) is 4.73. The minimum absolute atomic E-state index is 0.381. The number of nitrogens with zero attached hydrogens (tertiary/aromatic N) is 1. The standard InChI is InChI=1S/C19H25BINO4/c1-17(2,3)24-16(23)22-11-14(21)13-10-12(8-9-15(13)22)20-25-18(4,5)19(6,7)26-20/h8-11H,1-7H3. The smallest absolute Gasteiger partial charge is 0.443 e. The molecule has 0 bridgehead atoms. The molecule has 0 N–H and O–H groups in total. The molecule has 1 fully saturated rings. The molecule has 1 aliphatic heterocycles. The first-order valence-electron chi connectivity index (χ1n) is 8.70. The number of hydrogen-bond acceptors (Lipinski definition) is 4. The van der Waals surface area contributed by atoms with Crippen LogP contribution in [0.1, 0.15) is 48.5 Å². The Morgan fingerprint density at radius 3 is 2.27 bits per heavy atom. The highest BCUT2D eigenvalue weighted by molar-refractivity contribution is 14.1. The van der Waals surface area contributed by atoms with Crippen LogP contribution in [0.15, 0.2) is 24.4 Å². The molecule has 2 heterocycles. The Balaban J connectivity index is 1.96. The van der Waals surface area contributed by atoms with E-state index in [-0.39, 0.29) is 17.3 Å². The predicted molar refractivity (Wildman–Crippen MR) is 112 cm³/mol. The van der Waals surface area contributed by atoms with Gasteiger partial charge in [0.05, 0.1) is 16.7 Å². The van der Waals surface area contributed by atoms with E-state index in [1.807, 2.05) is 66.7 Å². The number of hydrogen-bond donors (Lipinski definition) is 0. The van der Waals surface area contributed by atoms with E-state index in [1.165, 1.54) is 0 Å². The van der Waals surface area contributed by atoms with Crippen LogP contribution in [-0.4, -0.2) is 34.6 Å². The van der Waals surface area contributed by atoms with Gasteiger partial charge in [0.2, 0.25) is 0 Å². The molecule has 0 aliphatic carbocycles. The van der Waals surface area contributed by atoms with Crippen LogP contribution in [0.3, 0.4) is 0 Å². The van der Waals surface area contributed by atoms with E-state index in [0.717, 1.165) is 19.9 Å². The van der Waals surface area contributed by atoms with Gasteiger partial charge in [0.15, 0.2) is 0 Å². The molecule has 26 heavy (non-hydrogen) atoms. The number of benzene rings is 1. The molecule has 0 spiro atoms. The summed E-state index contributed by atoms with van der Waals surface area (Å²) in [6, 6.07) is 5.89. The summed E-state index contributed by atoms with van der Waals surface area (Å²) in [6.45, 7) is 13.7. The molecular formula is C19H25BINO4. The Morgan fingerprint density at radius 2 is 1.73 bits per heavy atom. The van der Waals surface area contributed by atoms with Crippen molar-refractivity contribution >= 4 is 52.2 Å². The number of halogens is 1. The first-order valence-corrected chi connectivity index (χ1v) is 9.78. The van der Waals surface area contributed by atoms with Gasteiger partial charge in [0, 0.05) is 15.2 Å². The maximum absolute atomic E-state index is 12.5. The molecule has 3 rings (SSSR count). The third-order valence-corrected chi connectivity index (χ3v) is 5.76. The van der Waals surface area contributed by atoms with Crippen molar-refractivity contribution in [1.29, 1.82) is 0 Å². The maximum atomic E-state index is 12.5. The zero-order valence-electron chi connectivity index (χ0n) is 16.3. The number of carbonyl (C=O) groups excluding carboxylic acids is 1. The fourth-order valence-electron chi connectivity index (χ4n) is 2.80. The van der Waals surface area contributed by atoms with E-state index in [2.05, 4.69) is 22.6 Å². The van der Waals surface area contributed by atoms with Crippen molar-refractivity contribution in [3.8, 4) is 0 Å². The molecule has 1 aromatic heterocycles. The van der Waals surface area contributed by atoms with Crippen molar-refractivity contribution in [3.05, 3.63) is 28.0 Å². The highest BCUT2D eigenvalue weighted by atomic mass is 127. The molecule has 0 amide bonds. The summed E-state index contributed by atoms with van der Waals surface area (Å²) in [6.07, 6.45) is 1.42. The highest BCUT2D eigenvalue weighted by Crippen LogP contribution is 2.36. The Labute approximate surface area is 168 Å². The monoisotopic (exact) mass is 469 g/mol. The normalized spacial score (nSPS) is 19.2. The van der Waals surface area contributed by atoms with Gasteiger partial charge >= 0.3 is 13.2 Å². The van der Waals surface area contributed by atoms with Crippen LogP contribution < -0.4 is 5.46 Å². The molecular weight excluding hydrogens is 444 g/mol. The fourth-order valence-corrected chi connectivity index (χ4v) is 3.51. The second-order valence-corrected chi connectivity index (χ2v) is 9.85.